The van der Waals surface area contributed by atoms with E-state index >= 15 is 0 Å². The van der Waals surface area contributed by atoms with Crippen molar-refractivity contribution in [2.75, 3.05) is 18.4 Å². The zero-order valence-electron chi connectivity index (χ0n) is 11.8. The van der Waals surface area contributed by atoms with E-state index in [1.807, 2.05) is 13.8 Å². The molecule has 0 saturated heterocycles. The molecule has 2 N–H and O–H groups in total. The summed E-state index contributed by atoms with van der Waals surface area (Å²) in [5.74, 6) is 0.168. The summed E-state index contributed by atoms with van der Waals surface area (Å²) in [5.41, 5.74) is 0.329. The highest BCUT2D eigenvalue weighted by molar-refractivity contribution is 5.85. The smallest absolute Gasteiger partial charge is 0.298 e. The van der Waals surface area contributed by atoms with Gasteiger partial charge in [-0.25, -0.2) is 0 Å². The Labute approximate surface area is 120 Å². The summed E-state index contributed by atoms with van der Waals surface area (Å²) < 4.78 is 5.33. The van der Waals surface area contributed by atoms with Gasteiger partial charge in [-0.05, 0) is 12.0 Å². The summed E-state index contributed by atoms with van der Waals surface area (Å²) in [6, 6.07) is 4.53. The van der Waals surface area contributed by atoms with Crippen LogP contribution in [-0.2, 0) is 4.79 Å². The average molecular weight is 292 g/mol. The van der Waals surface area contributed by atoms with Crippen LogP contribution in [0.25, 0.3) is 11.1 Å². The molecule has 1 aromatic heterocycles. The fourth-order valence-electron chi connectivity index (χ4n) is 1.69. The molecule has 0 bridgehead atoms. The number of rotatable bonds is 6. The van der Waals surface area contributed by atoms with Crippen molar-refractivity contribution in [3.63, 3.8) is 0 Å². The summed E-state index contributed by atoms with van der Waals surface area (Å²) >= 11 is 0. The first kappa shape index (κ1) is 14.8. The number of oxazole rings is 1. The van der Waals surface area contributed by atoms with Crippen molar-refractivity contribution in [1.82, 2.24) is 10.3 Å². The molecule has 21 heavy (non-hydrogen) atoms. The van der Waals surface area contributed by atoms with Gasteiger partial charge in [-0.2, -0.15) is 4.98 Å². The number of nitrogens with one attached hydrogen (secondary N) is 2. The molecule has 0 aliphatic rings. The second kappa shape index (κ2) is 6.21. The predicted molar refractivity (Wildman–Crippen MR) is 77.0 cm³/mol. The first-order valence-corrected chi connectivity index (χ1v) is 6.52. The predicted octanol–water partition coefficient (Wildman–Crippen LogP) is 1.92. The molecule has 0 spiro atoms. The number of para-hydroxylation sites is 1. The molecule has 0 radical (unpaired) electrons. The first-order chi connectivity index (χ1) is 9.97. The fourth-order valence-corrected chi connectivity index (χ4v) is 1.69. The van der Waals surface area contributed by atoms with E-state index in [4.69, 9.17) is 4.42 Å². The average Bonchev–Trinajstić information content (AvgIpc) is 2.85. The third kappa shape index (κ3) is 3.68. The monoisotopic (exact) mass is 292 g/mol. The van der Waals surface area contributed by atoms with Crippen molar-refractivity contribution >= 4 is 28.7 Å². The molecule has 1 heterocycles. The number of benzene rings is 1. The Morgan fingerprint density at radius 1 is 1.48 bits per heavy atom. The van der Waals surface area contributed by atoms with Crippen molar-refractivity contribution in [2.45, 2.75) is 13.8 Å². The summed E-state index contributed by atoms with van der Waals surface area (Å²) in [6.07, 6.45) is 0. The summed E-state index contributed by atoms with van der Waals surface area (Å²) in [5, 5.41) is 16.3. The molecular weight excluding hydrogens is 276 g/mol. The van der Waals surface area contributed by atoms with Gasteiger partial charge in [0.1, 0.15) is 0 Å². The lowest BCUT2D eigenvalue weighted by Crippen LogP contribution is -2.32. The van der Waals surface area contributed by atoms with Gasteiger partial charge in [0.05, 0.1) is 11.5 Å². The number of aromatic nitrogens is 1. The number of hydrogen-bond acceptors (Lipinski definition) is 6. The molecule has 112 valence electrons. The minimum Gasteiger partial charge on any atom is -0.423 e. The quantitative estimate of drug-likeness (QED) is 0.621. The maximum Gasteiger partial charge on any atom is 0.298 e. The van der Waals surface area contributed by atoms with Gasteiger partial charge in [0.15, 0.2) is 11.1 Å². The van der Waals surface area contributed by atoms with Crippen LogP contribution in [0, 0.1) is 16.0 Å². The number of nitro groups is 1. The van der Waals surface area contributed by atoms with E-state index in [1.165, 1.54) is 12.1 Å². The van der Waals surface area contributed by atoms with Crippen molar-refractivity contribution < 1.29 is 14.1 Å². The fraction of sp³-hybridized carbons (Fsp3) is 0.385. The highest BCUT2D eigenvalue weighted by Gasteiger charge is 2.17. The maximum atomic E-state index is 11.6. The Morgan fingerprint density at radius 2 is 2.24 bits per heavy atom. The van der Waals surface area contributed by atoms with Crippen LogP contribution in [0.2, 0.25) is 0 Å². The van der Waals surface area contributed by atoms with E-state index < -0.39 is 4.92 Å². The van der Waals surface area contributed by atoms with Crippen LogP contribution in [0.15, 0.2) is 22.6 Å². The molecule has 0 saturated carbocycles. The zero-order valence-corrected chi connectivity index (χ0v) is 11.8. The van der Waals surface area contributed by atoms with Crippen molar-refractivity contribution in [3.05, 3.63) is 28.3 Å². The van der Waals surface area contributed by atoms with E-state index in [9.17, 15) is 14.9 Å². The van der Waals surface area contributed by atoms with Gasteiger partial charge in [-0.15, -0.1) is 0 Å². The van der Waals surface area contributed by atoms with Crippen LogP contribution in [0.4, 0.5) is 11.7 Å². The van der Waals surface area contributed by atoms with Crippen LogP contribution >= 0.6 is 0 Å². The lowest BCUT2D eigenvalue weighted by molar-refractivity contribution is -0.383. The molecule has 1 aromatic carbocycles. The molecule has 0 unspecified atom stereocenters. The lowest BCUT2D eigenvalue weighted by atomic mass is 10.2. The lowest BCUT2D eigenvalue weighted by Gasteiger charge is -2.07. The molecule has 2 aromatic rings. The zero-order chi connectivity index (χ0) is 15.4. The number of amides is 1. The van der Waals surface area contributed by atoms with Crippen molar-refractivity contribution in [1.29, 1.82) is 0 Å². The van der Waals surface area contributed by atoms with Gasteiger partial charge < -0.3 is 15.1 Å². The van der Waals surface area contributed by atoms with Gasteiger partial charge in [0, 0.05) is 12.6 Å². The number of nitro benzene ring substituents is 1. The van der Waals surface area contributed by atoms with Crippen LogP contribution in [0.1, 0.15) is 13.8 Å². The van der Waals surface area contributed by atoms with E-state index in [0.717, 1.165) is 0 Å². The second-order valence-corrected chi connectivity index (χ2v) is 4.95. The van der Waals surface area contributed by atoms with Crippen LogP contribution in [-0.4, -0.2) is 28.9 Å². The van der Waals surface area contributed by atoms with Crippen molar-refractivity contribution in [2.24, 2.45) is 5.92 Å². The number of anilines is 1. The van der Waals surface area contributed by atoms with E-state index in [0.29, 0.717) is 18.0 Å². The van der Waals surface area contributed by atoms with Crippen LogP contribution in [0.5, 0.6) is 0 Å². The normalized spacial score (nSPS) is 10.8. The van der Waals surface area contributed by atoms with Gasteiger partial charge in [0.2, 0.25) is 5.91 Å². The maximum absolute atomic E-state index is 11.6. The Morgan fingerprint density at radius 3 is 2.90 bits per heavy atom. The van der Waals surface area contributed by atoms with Crippen LogP contribution in [0.3, 0.4) is 0 Å². The second-order valence-electron chi connectivity index (χ2n) is 4.95. The Kier molecular flexibility index (Phi) is 4.36. The minimum absolute atomic E-state index is 0.00661. The Hall–Kier alpha value is -2.64. The van der Waals surface area contributed by atoms with E-state index in [2.05, 4.69) is 15.6 Å². The van der Waals surface area contributed by atoms with Gasteiger partial charge >= 0.3 is 0 Å². The first-order valence-electron chi connectivity index (χ1n) is 6.52. The third-order valence-corrected chi connectivity index (χ3v) is 2.70. The number of fused-ring (bicyclic) bond motifs is 1. The van der Waals surface area contributed by atoms with Gasteiger partial charge in [-0.1, -0.05) is 19.9 Å². The molecule has 8 heteroatoms. The number of hydrogen-bond donors (Lipinski definition) is 2. The molecule has 0 aliphatic heterocycles. The number of carbonyl (C=O) groups excluding carboxylic acids is 1. The molecule has 0 atom stereocenters. The van der Waals surface area contributed by atoms with Crippen molar-refractivity contribution in [3.8, 4) is 0 Å². The number of carbonyl (C=O) groups is 1. The third-order valence-electron chi connectivity index (χ3n) is 2.70. The van der Waals surface area contributed by atoms with E-state index in [1.54, 1.807) is 6.07 Å². The minimum atomic E-state index is -0.524. The largest absolute Gasteiger partial charge is 0.423 e. The molecule has 0 fully saturated rings. The Bertz CT molecular complexity index is 665. The topological polar surface area (TPSA) is 110 Å². The highest BCUT2D eigenvalue weighted by Crippen LogP contribution is 2.27. The summed E-state index contributed by atoms with van der Waals surface area (Å²) in [6.45, 7) is 4.56. The standard InChI is InChI=1S/C13H16N4O4/c1-8(2)6-14-11(18)7-15-13-16-12-9(17(19)20)4-3-5-10(12)21-13/h3-5,8H,6-7H2,1-2H3,(H,14,18)(H,15,16). The van der Waals surface area contributed by atoms with Gasteiger partial charge in [-0.3, -0.25) is 14.9 Å². The SMILES string of the molecule is CC(C)CNC(=O)CNc1nc2c([N+](=O)[O-])cccc2o1. The summed E-state index contributed by atoms with van der Waals surface area (Å²) in [4.78, 5) is 25.9. The number of non-ortho nitro benzene ring substituents is 1. The molecule has 0 aliphatic carbocycles. The van der Waals surface area contributed by atoms with Gasteiger partial charge in [0.25, 0.3) is 11.7 Å². The Balaban J connectivity index is 2.05. The summed E-state index contributed by atoms with van der Waals surface area (Å²) in [7, 11) is 0. The number of nitrogens with zero attached hydrogens (tertiary/aromatic N) is 2. The molecule has 1 amide bonds. The highest BCUT2D eigenvalue weighted by atomic mass is 16.6. The van der Waals surface area contributed by atoms with Crippen LogP contribution < -0.4 is 10.6 Å². The van der Waals surface area contributed by atoms with E-state index in [-0.39, 0.29) is 29.7 Å². The molecule has 8 nitrogen and oxygen atoms in total. The molecular formula is C13H16N4O4. The molecule has 2 rings (SSSR count).